The fourth-order valence-electron chi connectivity index (χ4n) is 3.79. The van der Waals surface area contributed by atoms with Crippen LogP contribution in [0.2, 0.25) is 0 Å². The number of hydrogen-bond acceptors (Lipinski definition) is 5. The summed E-state index contributed by atoms with van der Waals surface area (Å²) in [6.45, 7) is 9.36. The molecular weight excluding hydrogens is 392 g/mol. The van der Waals surface area contributed by atoms with E-state index in [2.05, 4.69) is 32.2 Å². The Labute approximate surface area is 185 Å². The number of nitrogens with zero attached hydrogens (tertiary/aromatic N) is 3. The summed E-state index contributed by atoms with van der Waals surface area (Å²) in [7, 11) is 1.82. The van der Waals surface area contributed by atoms with E-state index in [0.717, 1.165) is 62.3 Å². The van der Waals surface area contributed by atoms with Crippen molar-refractivity contribution in [1.29, 1.82) is 0 Å². The zero-order valence-electron chi connectivity index (χ0n) is 18.8. The van der Waals surface area contributed by atoms with Crippen LogP contribution in [0.1, 0.15) is 19.4 Å². The number of hydrogen-bond donors (Lipinski definition) is 2. The van der Waals surface area contributed by atoms with E-state index < -0.39 is 0 Å². The largest absolute Gasteiger partial charge is 0.506 e. The fraction of sp³-hybridized carbons (Fsp3) is 0.458. The minimum Gasteiger partial charge on any atom is -0.506 e. The lowest BCUT2D eigenvalue weighted by Crippen LogP contribution is -2.52. The first-order valence-electron chi connectivity index (χ1n) is 11.0. The molecule has 0 spiro atoms. The van der Waals surface area contributed by atoms with Crippen LogP contribution < -0.4 is 19.7 Å². The summed E-state index contributed by atoms with van der Waals surface area (Å²) in [5.41, 5.74) is 2.09. The van der Waals surface area contributed by atoms with Gasteiger partial charge in [-0.2, -0.15) is 0 Å². The molecule has 1 fully saturated rings. The Balaban J connectivity index is 1.51. The molecule has 2 N–H and O–H groups in total. The maximum Gasteiger partial charge on any atom is 0.193 e. The van der Waals surface area contributed by atoms with Crippen LogP contribution in [-0.4, -0.2) is 69.0 Å². The standard InChI is InChI=1S/C24H34N4O3/c1-4-30-22-11-10-19(18-23(22)31-5-2)12-13-26-24(25-3)28-16-14-27(15-17-28)20-8-6-7-9-21(20)29/h6-11,18,29H,4-5,12-17H2,1-3H3,(H,25,26). The number of phenolic OH excluding ortho intramolecular Hbond substituents is 1. The van der Waals surface area contributed by atoms with Crippen molar-refractivity contribution in [2.75, 3.05) is 57.9 Å². The lowest BCUT2D eigenvalue weighted by Gasteiger charge is -2.37. The van der Waals surface area contributed by atoms with Crippen molar-refractivity contribution in [2.45, 2.75) is 20.3 Å². The molecule has 7 heteroatoms. The van der Waals surface area contributed by atoms with E-state index in [4.69, 9.17) is 9.47 Å². The molecule has 1 aliphatic heterocycles. The predicted octanol–water partition coefficient (Wildman–Crippen LogP) is 3.13. The smallest absolute Gasteiger partial charge is 0.193 e. The number of aliphatic imine (C=N–C) groups is 1. The molecule has 0 radical (unpaired) electrons. The van der Waals surface area contributed by atoms with Gasteiger partial charge in [-0.25, -0.2) is 0 Å². The van der Waals surface area contributed by atoms with Gasteiger partial charge in [-0.15, -0.1) is 0 Å². The number of aromatic hydroxyl groups is 1. The molecule has 1 aliphatic rings. The van der Waals surface area contributed by atoms with Gasteiger partial charge in [0.15, 0.2) is 17.5 Å². The molecule has 2 aromatic carbocycles. The summed E-state index contributed by atoms with van der Waals surface area (Å²) in [5, 5.41) is 13.6. The van der Waals surface area contributed by atoms with Crippen LogP contribution in [0.25, 0.3) is 0 Å². The summed E-state index contributed by atoms with van der Waals surface area (Å²) < 4.78 is 11.4. The molecule has 0 aliphatic carbocycles. The van der Waals surface area contributed by atoms with Crippen molar-refractivity contribution in [3.8, 4) is 17.2 Å². The third-order valence-corrected chi connectivity index (χ3v) is 5.32. The number of phenols is 1. The summed E-state index contributed by atoms with van der Waals surface area (Å²) in [4.78, 5) is 8.94. The average molecular weight is 427 g/mol. The number of piperazine rings is 1. The summed E-state index contributed by atoms with van der Waals surface area (Å²) in [5.74, 6) is 2.83. The van der Waals surface area contributed by atoms with E-state index in [1.807, 2.05) is 45.2 Å². The van der Waals surface area contributed by atoms with Crippen LogP contribution >= 0.6 is 0 Å². The van der Waals surface area contributed by atoms with E-state index in [0.29, 0.717) is 19.0 Å². The fourth-order valence-corrected chi connectivity index (χ4v) is 3.79. The predicted molar refractivity (Wildman–Crippen MR) is 126 cm³/mol. The molecule has 31 heavy (non-hydrogen) atoms. The van der Waals surface area contributed by atoms with Crippen molar-refractivity contribution >= 4 is 11.6 Å². The minimum absolute atomic E-state index is 0.334. The Bertz CT molecular complexity index is 864. The topological polar surface area (TPSA) is 69.6 Å². The first-order chi connectivity index (χ1) is 15.2. The van der Waals surface area contributed by atoms with Gasteiger partial charge in [-0.1, -0.05) is 18.2 Å². The van der Waals surface area contributed by atoms with Crippen molar-refractivity contribution in [3.05, 3.63) is 48.0 Å². The second kappa shape index (κ2) is 11.3. The molecule has 3 rings (SSSR count). The number of anilines is 1. The van der Waals surface area contributed by atoms with Gasteiger partial charge < -0.3 is 29.7 Å². The molecule has 7 nitrogen and oxygen atoms in total. The third-order valence-electron chi connectivity index (χ3n) is 5.32. The Morgan fingerprint density at radius 1 is 1.00 bits per heavy atom. The molecule has 0 atom stereocenters. The van der Waals surface area contributed by atoms with Crippen LogP contribution in [0.4, 0.5) is 5.69 Å². The number of para-hydroxylation sites is 2. The molecule has 2 aromatic rings. The lowest BCUT2D eigenvalue weighted by molar-refractivity contribution is 0.287. The van der Waals surface area contributed by atoms with E-state index >= 15 is 0 Å². The second-order valence-electron chi connectivity index (χ2n) is 7.33. The minimum atomic E-state index is 0.334. The Morgan fingerprint density at radius 2 is 1.71 bits per heavy atom. The number of benzene rings is 2. The number of ether oxygens (including phenoxy) is 2. The normalized spacial score (nSPS) is 14.5. The zero-order chi connectivity index (χ0) is 22.1. The quantitative estimate of drug-likeness (QED) is 0.499. The number of guanidine groups is 1. The van der Waals surface area contributed by atoms with E-state index in [9.17, 15) is 5.11 Å². The van der Waals surface area contributed by atoms with E-state index in [-0.39, 0.29) is 0 Å². The number of nitrogens with one attached hydrogen (secondary N) is 1. The van der Waals surface area contributed by atoms with Crippen molar-refractivity contribution < 1.29 is 14.6 Å². The average Bonchev–Trinajstić information content (AvgIpc) is 2.79. The highest BCUT2D eigenvalue weighted by Gasteiger charge is 2.21. The highest BCUT2D eigenvalue weighted by molar-refractivity contribution is 5.80. The highest BCUT2D eigenvalue weighted by Crippen LogP contribution is 2.29. The highest BCUT2D eigenvalue weighted by atomic mass is 16.5. The summed E-state index contributed by atoms with van der Waals surface area (Å²) >= 11 is 0. The van der Waals surface area contributed by atoms with Crippen molar-refractivity contribution in [1.82, 2.24) is 10.2 Å². The van der Waals surface area contributed by atoms with Gasteiger partial charge in [0.05, 0.1) is 18.9 Å². The molecule has 0 bridgehead atoms. The van der Waals surface area contributed by atoms with Gasteiger partial charge in [0, 0.05) is 39.8 Å². The summed E-state index contributed by atoms with van der Waals surface area (Å²) in [6.07, 6.45) is 0.864. The van der Waals surface area contributed by atoms with Crippen LogP contribution in [0, 0.1) is 0 Å². The van der Waals surface area contributed by atoms with E-state index in [1.165, 1.54) is 5.56 Å². The molecule has 0 unspecified atom stereocenters. The maximum atomic E-state index is 10.1. The molecular formula is C24H34N4O3. The van der Waals surface area contributed by atoms with Crippen molar-refractivity contribution in [3.63, 3.8) is 0 Å². The lowest BCUT2D eigenvalue weighted by atomic mass is 10.1. The molecule has 0 amide bonds. The van der Waals surface area contributed by atoms with Crippen LogP contribution in [-0.2, 0) is 6.42 Å². The van der Waals surface area contributed by atoms with Crippen LogP contribution in [0.5, 0.6) is 17.2 Å². The first kappa shape index (κ1) is 22.6. The third kappa shape index (κ3) is 5.96. The van der Waals surface area contributed by atoms with Crippen molar-refractivity contribution in [2.24, 2.45) is 4.99 Å². The molecule has 0 aromatic heterocycles. The van der Waals surface area contributed by atoms with Gasteiger partial charge in [-0.05, 0) is 50.1 Å². The van der Waals surface area contributed by atoms with Gasteiger partial charge in [0.1, 0.15) is 5.75 Å². The Hall–Kier alpha value is -3.09. The van der Waals surface area contributed by atoms with E-state index in [1.54, 1.807) is 6.07 Å². The number of rotatable bonds is 8. The molecule has 168 valence electrons. The Kier molecular flexibility index (Phi) is 8.27. The SMILES string of the molecule is CCOc1ccc(CCNC(=NC)N2CCN(c3ccccc3O)CC2)cc1OCC. The van der Waals surface area contributed by atoms with Gasteiger partial charge >= 0.3 is 0 Å². The van der Waals surface area contributed by atoms with Gasteiger partial charge in [-0.3, -0.25) is 4.99 Å². The monoisotopic (exact) mass is 426 g/mol. The van der Waals surface area contributed by atoms with Gasteiger partial charge in [0.2, 0.25) is 0 Å². The van der Waals surface area contributed by atoms with Crippen LogP contribution in [0.3, 0.4) is 0 Å². The molecule has 0 saturated carbocycles. The zero-order valence-corrected chi connectivity index (χ0v) is 18.8. The Morgan fingerprint density at radius 3 is 2.39 bits per heavy atom. The maximum absolute atomic E-state index is 10.1. The second-order valence-corrected chi connectivity index (χ2v) is 7.33. The summed E-state index contributed by atoms with van der Waals surface area (Å²) in [6, 6.07) is 13.6. The van der Waals surface area contributed by atoms with Crippen LogP contribution in [0.15, 0.2) is 47.5 Å². The first-order valence-corrected chi connectivity index (χ1v) is 11.0. The molecule has 1 heterocycles. The molecule has 1 saturated heterocycles. The van der Waals surface area contributed by atoms with Gasteiger partial charge in [0.25, 0.3) is 0 Å².